The SMILES string of the molecule is OCCCCCCNCC1CCOC1. The zero-order valence-electron chi connectivity index (χ0n) is 9.00. The summed E-state index contributed by atoms with van der Waals surface area (Å²) >= 11 is 0. The second-order valence-corrected chi connectivity index (χ2v) is 4.07. The molecule has 14 heavy (non-hydrogen) atoms. The highest BCUT2D eigenvalue weighted by atomic mass is 16.5. The lowest BCUT2D eigenvalue weighted by Gasteiger charge is -2.08. The number of hydrogen-bond donors (Lipinski definition) is 2. The molecule has 3 nitrogen and oxygen atoms in total. The molecule has 1 heterocycles. The van der Waals surface area contributed by atoms with Gasteiger partial charge in [-0.15, -0.1) is 0 Å². The molecular weight excluding hydrogens is 178 g/mol. The Morgan fingerprint density at radius 3 is 2.79 bits per heavy atom. The summed E-state index contributed by atoms with van der Waals surface area (Å²) in [6.45, 7) is 4.45. The molecule has 1 fully saturated rings. The van der Waals surface area contributed by atoms with Gasteiger partial charge in [-0.25, -0.2) is 0 Å². The van der Waals surface area contributed by atoms with Crippen LogP contribution >= 0.6 is 0 Å². The molecule has 84 valence electrons. The summed E-state index contributed by atoms with van der Waals surface area (Å²) in [7, 11) is 0. The number of aliphatic hydroxyl groups is 1. The van der Waals surface area contributed by atoms with E-state index in [4.69, 9.17) is 9.84 Å². The largest absolute Gasteiger partial charge is 0.396 e. The van der Waals surface area contributed by atoms with Crippen LogP contribution in [0, 0.1) is 5.92 Å². The maximum absolute atomic E-state index is 8.58. The van der Waals surface area contributed by atoms with Gasteiger partial charge in [-0.05, 0) is 31.7 Å². The first-order valence-electron chi connectivity index (χ1n) is 5.83. The molecule has 0 spiro atoms. The van der Waals surface area contributed by atoms with E-state index in [1.165, 1.54) is 19.3 Å². The second kappa shape index (κ2) is 8.21. The molecule has 2 N–H and O–H groups in total. The van der Waals surface area contributed by atoms with Crippen molar-refractivity contribution in [3.63, 3.8) is 0 Å². The van der Waals surface area contributed by atoms with Gasteiger partial charge in [0.25, 0.3) is 0 Å². The van der Waals surface area contributed by atoms with Crippen molar-refractivity contribution in [3.05, 3.63) is 0 Å². The zero-order valence-corrected chi connectivity index (χ0v) is 9.00. The summed E-state index contributed by atoms with van der Waals surface area (Å²) in [5.74, 6) is 0.743. The molecule has 0 bridgehead atoms. The standard InChI is InChI=1S/C11H23NO2/c13-7-4-2-1-3-6-12-9-11-5-8-14-10-11/h11-13H,1-10H2. The minimum Gasteiger partial charge on any atom is -0.396 e. The molecule has 0 aromatic rings. The third kappa shape index (κ3) is 5.58. The van der Waals surface area contributed by atoms with Crippen molar-refractivity contribution in [2.24, 2.45) is 5.92 Å². The molecule has 3 heteroatoms. The Balaban J connectivity index is 1.75. The molecule has 1 aliphatic rings. The summed E-state index contributed by atoms with van der Waals surface area (Å²) in [5, 5.41) is 12.0. The highest BCUT2D eigenvalue weighted by Gasteiger charge is 2.14. The lowest BCUT2D eigenvalue weighted by atomic mass is 10.1. The van der Waals surface area contributed by atoms with E-state index in [2.05, 4.69) is 5.32 Å². The zero-order chi connectivity index (χ0) is 10.1. The Morgan fingerprint density at radius 2 is 2.07 bits per heavy atom. The topological polar surface area (TPSA) is 41.5 Å². The van der Waals surface area contributed by atoms with Crippen molar-refractivity contribution >= 4 is 0 Å². The Morgan fingerprint density at radius 1 is 1.21 bits per heavy atom. The molecule has 0 aliphatic carbocycles. The van der Waals surface area contributed by atoms with E-state index >= 15 is 0 Å². The lowest BCUT2D eigenvalue weighted by molar-refractivity contribution is 0.185. The number of hydrogen-bond acceptors (Lipinski definition) is 3. The van der Waals surface area contributed by atoms with Crippen molar-refractivity contribution in [1.82, 2.24) is 5.32 Å². The second-order valence-electron chi connectivity index (χ2n) is 4.07. The van der Waals surface area contributed by atoms with Gasteiger partial charge in [0.05, 0.1) is 6.61 Å². The van der Waals surface area contributed by atoms with E-state index in [0.717, 1.165) is 45.1 Å². The fourth-order valence-corrected chi connectivity index (χ4v) is 1.77. The predicted molar refractivity (Wildman–Crippen MR) is 57.3 cm³/mol. The molecule has 0 aromatic carbocycles. The average molecular weight is 201 g/mol. The van der Waals surface area contributed by atoms with Gasteiger partial charge in [-0.2, -0.15) is 0 Å². The molecule has 0 amide bonds. The van der Waals surface area contributed by atoms with Crippen LogP contribution in [0.3, 0.4) is 0 Å². The summed E-state index contributed by atoms with van der Waals surface area (Å²) in [5.41, 5.74) is 0. The third-order valence-electron chi connectivity index (χ3n) is 2.72. The number of ether oxygens (including phenoxy) is 1. The van der Waals surface area contributed by atoms with Gasteiger partial charge in [0, 0.05) is 19.8 Å². The van der Waals surface area contributed by atoms with Crippen LogP contribution in [0.4, 0.5) is 0 Å². The number of unbranched alkanes of at least 4 members (excludes halogenated alkanes) is 3. The first-order valence-corrected chi connectivity index (χ1v) is 5.83. The van der Waals surface area contributed by atoms with E-state index in [9.17, 15) is 0 Å². The van der Waals surface area contributed by atoms with Crippen molar-refractivity contribution in [2.75, 3.05) is 32.9 Å². The molecule has 0 aromatic heterocycles. The Hall–Kier alpha value is -0.120. The van der Waals surface area contributed by atoms with Crippen LogP contribution in [0.25, 0.3) is 0 Å². The summed E-state index contributed by atoms with van der Waals surface area (Å²) in [6, 6.07) is 0. The summed E-state index contributed by atoms with van der Waals surface area (Å²) < 4.78 is 5.30. The number of aliphatic hydroxyl groups excluding tert-OH is 1. The van der Waals surface area contributed by atoms with Crippen molar-refractivity contribution < 1.29 is 9.84 Å². The maximum atomic E-state index is 8.58. The highest BCUT2D eigenvalue weighted by Crippen LogP contribution is 2.10. The lowest BCUT2D eigenvalue weighted by Crippen LogP contribution is -2.23. The minimum atomic E-state index is 0.340. The van der Waals surface area contributed by atoms with Crippen molar-refractivity contribution in [3.8, 4) is 0 Å². The van der Waals surface area contributed by atoms with E-state index < -0.39 is 0 Å². The van der Waals surface area contributed by atoms with E-state index in [0.29, 0.717) is 6.61 Å². The monoisotopic (exact) mass is 201 g/mol. The van der Waals surface area contributed by atoms with Crippen LogP contribution in [-0.4, -0.2) is 38.0 Å². The smallest absolute Gasteiger partial charge is 0.0507 e. The van der Waals surface area contributed by atoms with Crippen molar-refractivity contribution in [2.45, 2.75) is 32.1 Å². The molecule has 1 aliphatic heterocycles. The average Bonchev–Trinajstić information content (AvgIpc) is 2.69. The van der Waals surface area contributed by atoms with E-state index in [1.807, 2.05) is 0 Å². The molecule has 0 saturated carbocycles. The molecule has 0 radical (unpaired) electrons. The minimum absolute atomic E-state index is 0.340. The van der Waals surface area contributed by atoms with E-state index in [-0.39, 0.29) is 0 Å². The molecule has 1 saturated heterocycles. The molecular formula is C11H23NO2. The first kappa shape index (κ1) is 12.0. The predicted octanol–water partition coefficient (Wildman–Crippen LogP) is 1.17. The maximum Gasteiger partial charge on any atom is 0.0507 e. The highest BCUT2D eigenvalue weighted by molar-refractivity contribution is 4.66. The Kier molecular flexibility index (Phi) is 7.01. The van der Waals surface area contributed by atoms with Gasteiger partial charge in [-0.3, -0.25) is 0 Å². The quantitative estimate of drug-likeness (QED) is 0.579. The number of rotatable bonds is 8. The van der Waals surface area contributed by atoms with Crippen LogP contribution in [0.5, 0.6) is 0 Å². The van der Waals surface area contributed by atoms with Crippen LogP contribution in [0.15, 0.2) is 0 Å². The van der Waals surface area contributed by atoms with Crippen molar-refractivity contribution in [1.29, 1.82) is 0 Å². The van der Waals surface area contributed by atoms with Crippen LogP contribution in [-0.2, 0) is 4.74 Å². The fourth-order valence-electron chi connectivity index (χ4n) is 1.77. The van der Waals surface area contributed by atoms with Gasteiger partial charge in [0.1, 0.15) is 0 Å². The molecule has 1 unspecified atom stereocenters. The summed E-state index contributed by atoms with van der Waals surface area (Å²) in [4.78, 5) is 0. The Bertz CT molecular complexity index is 124. The Labute approximate surface area is 86.8 Å². The molecule has 1 rings (SSSR count). The normalized spacial score (nSPS) is 21.6. The third-order valence-corrected chi connectivity index (χ3v) is 2.72. The molecule has 1 atom stereocenters. The van der Waals surface area contributed by atoms with Crippen LogP contribution in [0.1, 0.15) is 32.1 Å². The van der Waals surface area contributed by atoms with Gasteiger partial charge in [-0.1, -0.05) is 12.8 Å². The van der Waals surface area contributed by atoms with Gasteiger partial charge >= 0.3 is 0 Å². The summed E-state index contributed by atoms with van der Waals surface area (Å²) in [6.07, 6.45) is 5.79. The first-order chi connectivity index (χ1) is 6.93. The van der Waals surface area contributed by atoms with Gasteiger partial charge < -0.3 is 15.2 Å². The van der Waals surface area contributed by atoms with E-state index in [1.54, 1.807) is 0 Å². The van der Waals surface area contributed by atoms with Crippen LogP contribution < -0.4 is 5.32 Å². The van der Waals surface area contributed by atoms with Crippen LogP contribution in [0.2, 0.25) is 0 Å². The van der Waals surface area contributed by atoms with Gasteiger partial charge in [0.2, 0.25) is 0 Å². The fraction of sp³-hybridized carbons (Fsp3) is 1.00. The van der Waals surface area contributed by atoms with Gasteiger partial charge in [0.15, 0.2) is 0 Å². The number of nitrogens with one attached hydrogen (secondary N) is 1.